The van der Waals surface area contributed by atoms with Crippen molar-refractivity contribution in [2.75, 3.05) is 0 Å². The lowest BCUT2D eigenvalue weighted by Crippen LogP contribution is -2.54. The smallest absolute Gasteiger partial charge is 0.428 e. The molecule has 0 aromatic heterocycles. The molecule has 2 bridgehead atoms. The van der Waals surface area contributed by atoms with E-state index in [1.807, 2.05) is 0 Å². The molecule has 0 spiro atoms. The molecule has 4 saturated carbocycles. The van der Waals surface area contributed by atoms with Crippen molar-refractivity contribution in [1.82, 2.24) is 0 Å². The molecule has 4 aliphatic rings. The van der Waals surface area contributed by atoms with E-state index in [1.54, 1.807) is 0 Å². The minimum absolute atomic E-state index is 0.0977. The second-order valence-corrected chi connectivity index (χ2v) is 11.5. The first-order valence-electron chi connectivity index (χ1n) is 11.0. The summed E-state index contributed by atoms with van der Waals surface area (Å²) < 4.78 is 61.9. The number of alkyl halides is 2. The van der Waals surface area contributed by atoms with Crippen molar-refractivity contribution in [3.8, 4) is 0 Å². The summed E-state index contributed by atoms with van der Waals surface area (Å²) in [6, 6.07) is 0. The Kier molecular flexibility index (Phi) is 5.69. The van der Waals surface area contributed by atoms with E-state index in [2.05, 4.69) is 4.74 Å². The van der Waals surface area contributed by atoms with Crippen LogP contribution >= 0.6 is 0 Å². The molecular weight excluding hydrogens is 438 g/mol. The van der Waals surface area contributed by atoms with Gasteiger partial charge in [-0.25, -0.2) is 0 Å². The molecule has 4 rings (SSSR count). The summed E-state index contributed by atoms with van der Waals surface area (Å²) in [6.07, 6.45) is 3.21. The molecule has 0 aromatic rings. The number of esters is 1. The summed E-state index contributed by atoms with van der Waals surface area (Å²) in [4.78, 5) is 12.7. The molecule has 0 saturated heterocycles. The molecule has 6 unspecified atom stereocenters. The number of aliphatic hydroxyl groups excluding tert-OH is 1. The number of hydrogen-bond donors (Lipinski definition) is 4. The van der Waals surface area contributed by atoms with Gasteiger partial charge in [0.15, 0.2) is 0 Å². The lowest BCUT2D eigenvalue weighted by Gasteiger charge is -2.48. The molecule has 0 radical (unpaired) electrons. The van der Waals surface area contributed by atoms with E-state index in [0.717, 1.165) is 25.7 Å². The highest BCUT2D eigenvalue weighted by molar-refractivity contribution is 7.86. The number of hydrogen-bond acceptors (Lipinski definition) is 7. The Balaban J connectivity index is 1.57. The minimum atomic E-state index is -5.98. The number of fused-ring (bicyclic) bond motifs is 2. The summed E-state index contributed by atoms with van der Waals surface area (Å²) >= 11 is 0. The van der Waals surface area contributed by atoms with E-state index in [9.17, 15) is 37.3 Å². The van der Waals surface area contributed by atoms with Crippen molar-refractivity contribution >= 4 is 16.1 Å². The van der Waals surface area contributed by atoms with E-state index in [1.165, 1.54) is 0 Å². The SMILES string of the molecule is O=C(OC(O)C(F)(F)S(=O)(=O)O)C1CC2CC1C(C1(O)CCCC1)C2C1(O)CCCC1. The van der Waals surface area contributed by atoms with Crippen molar-refractivity contribution in [2.45, 2.75) is 87.0 Å². The van der Waals surface area contributed by atoms with Gasteiger partial charge in [-0.3, -0.25) is 9.35 Å². The van der Waals surface area contributed by atoms with Gasteiger partial charge in [0, 0.05) is 0 Å². The Bertz CT molecular complexity index is 819. The normalized spacial score (nSPS) is 37.8. The number of carbonyl (C=O) groups is 1. The van der Waals surface area contributed by atoms with E-state index >= 15 is 0 Å². The molecule has 4 N–H and O–H groups in total. The fourth-order valence-electron chi connectivity index (χ4n) is 7.17. The van der Waals surface area contributed by atoms with Crippen LogP contribution in [0.15, 0.2) is 0 Å². The number of halogens is 2. The molecule has 4 aliphatic carbocycles. The van der Waals surface area contributed by atoms with E-state index < -0.39 is 56.6 Å². The lowest BCUT2D eigenvalue weighted by atomic mass is 9.60. The van der Waals surface area contributed by atoms with Crippen LogP contribution in [-0.2, 0) is 19.6 Å². The van der Waals surface area contributed by atoms with Crippen LogP contribution in [0.3, 0.4) is 0 Å². The van der Waals surface area contributed by atoms with Crippen LogP contribution in [0.25, 0.3) is 0 Å². The van der Waals surface area contributed by atoms with Crippen LogP contribution in [-0.4, -0.2) is 57.0 Å². The number of ether oxygens (including phenoxy) is 1. The maximum atomic E-state index is 13.6. The summed E-state index contributed by atoms with van der Waals surface area (Å²) in [6.45, 7) is 0. The van der Waals surface area contributed by atoms with Crippen molar-refractivity contribution in [2.24, 2.45) is 29.6 Å². The maximum Gasteiger partial charge on any atom is 0.430 e. The first-order valence-corrected chi connectivity index (χ1v) is 12.4. The molecule has 178 valence electrons. The summed E-state index contributed by atoms with van der Waals surface area (Å²) in [5, 5.41) is 27.2. The van der Waals surface area contributed by atoms with Crippen LogP contribution in [0, 0.1) is 29.6 Å². The lowest BCUT2D eigenvalue weighted by molar-refractivity contribution is -0.213. The molecule has 0 heterocycles. The third-order valence-electron chi connectivity index (χ3n) is 8.35. The molecule has 4 fully saturated rings. The zero-order valence-electron chi connectivity index (χ0n) is 17.1. The van der Waals surface area contributed by atoms with Gasteiger partial charge in [-0.2, -0.15) is 17.2 Å². The largest absolute Gasteiger partial charge is 0.430 e. The molecule has 31 heavy (non-hydrogen) atoms. The quantitative estimate of drug-likeness (QED) is 0.263. The van der Waals surface area contributed by atoms with Gasteiger partial charge in [0.2, 0.25) is 0 Å². The fourth-order valence-corrected chi connectivity index (χ4v) is 7.47. The zero-order valence-corrected chi connectivity index (χ0v) is 17.9. The highest BCUT2D eigenvalue weighted by atomic mass is 32.2. The molecule has 6 atom stereocenters. The summed E-state index contributed by atoms with van der Waals surface area (Å²) in [5.74, 6) is -3.18. The highest BCUT2D eigenvalue weighted by Gasteiger charge is 2.66. The Morgan fingerprint density at radius 3 is 1.94 bits per heavy atom. The molecule has 0 aliphatic heterocycles. The van der Waals surface area contributed by atoms with Gasteiger partial charge in [-0.15, -0.1) is 0 Å². The van der Waals surface area contributed by atoms with E-state index in [-0.39, 0.29) is 18.3 Å². The van der Waals surface area contributed by atoms with Gasteiger partial charge in [0.25, 0.3) is 6.29 Å². The van der Waals surface area contributed by atoms with Crippen molar-refractivity contribution in [3.05, 3.63) is 0 Å². The predicted molar refractivity (Wildman–Crippen MR) is 102 cm³/mol. The fraction of sp³-hybridized carbons (Fsp3) is 0.950. The second-order valence-electron chi connectivity index (χ2n) is 10.0. The van der Waals surface area contributed by atoms with Gasteiger partial charge in [0.1, 0.15) is 0 Å². The number of carbonyl (C=O) groups excluding carboxylic acids is 1. The predicted octanol–water partition coefficient (Wildman–Crippen LogP) is 1.83. The van der Waals surface area contributed by atoms with Gasteiger partial charge in [-0.05, 0) is 62.2 Å². The summed E-state index contributed by atoms with van der Waals surface area (Å²) in [7, 11) is -5.98. The Hall–Kier alpha value is -0.880. The van der Waals surface area contributed by atoms with Gasteiger partial charge >= 0.3 is 21.3 Å². The summed E-state index contributed by atoms with van der Waals surface area (Å²) in [5.41, 5.74) is -1.98. The van der Waals surface area contributed by atoms with Crippen LogP contribution in [0.1, 0.15) is 64.2 Å². The van der Waals surface area contributed by atoms with E-state index in [4.69, 9.17) is 4.55 Å². The van der Waals surface area contributed by atoms with E-state index in [0.29, 0.717) is 32.1 Å². The Morgan fingerprint density at radius 2 is 1.45 bits per heavy atom. The molecular formula is C20H30F2O8S. The molecule has 0 aromatic carbocycles. The van der Waals surface area contributed by atoms with Crippen molar-refractivity contribution < 1.29 is 46.6 Å². The third-order valence-corrected chi connectivity index (χ3v) is 9.24. The Labute approximate surface area is 179 Å². The van der Waals surface area contributed by atoms with Crippen LogP contribution < -0.4 is 0 Å². The monoisotopic (exact) mass is 468 g/mol. The zero-order chi connectivity index (χ0) is 22.8. The highest BCUT2D eigenvalue weighted by Crippen LogP contribution is 2.65. The Morgan fingerprint density at radius 1 is 0.968 bits per heavy atom. The standard InChI is InChI=1S/C20H30F2O8S/c21-20(22,31(27,28)29)17(24)30-16(23)13-10-11-9-12(13)15(19(26)7-3-4-8-19)14(11)18(25)5-1-2-6-18/h11-15,17,24-26H,1-10H2,(H,27,28,29). The van der Waals surface area contributed by atoms with Crippen LogP contribution in [0.5, 0.6) is 0 Å². The molecule has 0 amide bonds. The minimum Gasteiger partial charge on any atom is -0.428 e. The van der Waals surface area contributed by atoms with Crippen LogP contribution in [0.2, 0.25) is 0 Å². The first kappa shape index (κ1) is 23.3. The van der Waals surface area contributed by atoms with Crippen molar-refractivity contribution in [3.63, 3.8) is 0 Å². The molecule has 8 nitrogen and oxygen atoms in total. The number of rotatable bonds is 6. The average Bonchev–Trinajstić information content (AvgIpc) is 3.44. The topological polar surface area (TPSA) is 141 Å². The van der Waals surface area contributed by atoms with Crippen LogP contribution in [0.4, 0.5) is 8.78 Å². The van der Waals surface area contributed by atoms with Gasteiger partial charge < -0.3 is 20.1 Å². The first-order chi connectivity index (χ1) is 14.3. The molecule has 11 heteroatoms. The number of aliphatic hydroxyl groups is 3. The maximum absolute atomic E-state index is 13.6. The second kappa shape index (κ2) is 7.58. The van der Waals surface area contributed by atoms with Crippen molar-refractivity contribution in [1.29, 1.82) is 0 Å². The van der Waals surface area contributed by atoms with Gasteiger partial charge in [0.05, 0.1) is 17.1 Å². The van der Waals surface area contributed by atoms with Gasteiger partial charge in [-0.1, -0.05) is 25.7 Å². The third kappa shape index (κ3) is 3.70. The average molecular weight is 469 g/mol.